The van der Waals surface area contributed by atoms with Crippen LogP contribution in [0.1, 0.15) is 44.5 Å². The molecule has 0 bridgehead atoms. The summed E-state index contributed by atoms with van der Waals surface area (Å²) in [4.78, 5) is 10.9. The van der Waals surface area contributed by atoms with Crippen LogP contribution < -0.4 is 0 Å². The predicted octanol–water partition coefficient (Wildman–Crippen LogP) is 5.79. The summed E-state index contributed by atoms with van der Waals surface area (Å²) in [5, 5.41) is 8.92. The van der Waals surface area contributed by atoms with E-state index in [2.05, 4.69) is 42.8 Å². The van der Waals surface area contributed by atoms with Gasteiger partial charge in [0.05, 0.1) is 5.56 Å². The molecule has 1 aromatic carbocycles. The molecule has 0 saturated heterocycles. The first kappa shape index (κ1) is 19.5. The molecule has 0 unspecified atom stereocenters. The van der Waals surface area contributed by atoms with E-state index in [0.29, 0.717) is 5.56 Å². The minimum Gasteiger partial charge on any atom is -0.478 e. The van der Waals surface area contributed by atoms with Crippen molar-refractivity contribution in [3.8, 4) is 11.1 Å². The number of aromatic nitrogens is 1. The lowest BCUT2D eigenvalue weighted by Gasteiger charge is -2.00. The van der Waals surface area contributed by atoms with Crippen LogP contribution in [0.25, 0.3) is 11.1 Å². The Kier molecular flexibility index (Phi) is 8.34. The van der Waals surface area contributed by atoms with Crippen LogP contribution in [-0.2, 0) is 6.54 Å². The van der Waals surface area contributed by atoms with Crippen LogP contribution in [0.2, 0.25) is 0 Å². The van der Waals surface area contributed by atoms with Gasteiger partial charge in [-0.15, -0.1) is 0 Å². The number of carbonyl (C=O) groups is 1. The molecular weight excluding hydrogens is 298 g/mol. The normalized spacial score (nSPS) is 11.2. The van der Waals surface area contributed by atoms with Gasteiger partial charge in [0.1, 0.15) is 0 Å². The van der Waals surface area contributed by atoms with Crippen molar-refractivity contribution in [3.05, 3.63) is 72.1 Å². The van der Waals surface area contributed by atoms with Crippen LogP contribution in [0, 0.1) is 0 Å². The Hall–Kier alpha value is -2.55. The van der Waals surface area contributed by atoms with Crippen molar-refractivity contribution in [1.29, 1.82) is 0 Å². The van der Waals surface area contributed by atoms with Gasteiger partial charge in [0.25, 0.3) is 0 Å². The first-order valence-corrected chi connectivity index (χ1v) is 8.45. The average Bonchev–Trinajstić information content (AvgIpc) is 3.09. The Balaban J connectivity index is 0.00000139. The van der Waals surface area contributed by atoms with Gasteiger partial charge in [0.15, 0.2) is 0 Å². The molecule has 24 heavy (non-hydrogen) atoms. The van der Waals surface area contributed by atoms with Gasteiger partial charge in [0, 0.05) is 18.9 Å². The van der Waals surface area contributed by atoms with Gasteiger partial charge in [-0.2, -0.15) is 0 Å². The maximum absolute atomic E-state index is 10.9. The second-order valence-corrected chi connectivity index (χ2v) is 5.10. The topological polar surface area (TPSA) is 42.2 Å². The highest BCUT2D eigenvalue weighted by Gasteiger charge is 2.04. The van der Waals surface area contributed by atoms with Crippen molar-refractivity contribution in [3.63, 3.8) is 0 Å². The highest BCUT2D eigenvalue weighted by molar-refractivity contribution is 5.88. The van der Waals surface area contributed by atoms with Crippen LogP contribution in [0.15, 0.2) is 66.5 Å². The Bertz CT molecular complexity index is 691. The van der Waals surface area contributed by atoms with Gasteiger partial charge in [-0.3, -0.25) is 0 Å². The maximum Gasteiger partial charge on any atom is 0.335 e. The molecule has 2 rings (SSSR count). The van der Waals surface area contributed by atoms with E-state index in [1.165, 1.54) is 5.57 Å². The van der Waals surface area contributed by atoms with Crippen molar-refractivity contribution in [2.75, 3.05) is 0 Å². The number of rotatable bonds is 6. The van der Waals surface area contributed by atoms with Crippen LogP contribution in [0.3, 0.4) is 0 Å². The zero-order valence-electron chi connectivity index (χ0n) is 15.0. The summed E-state index contributed by atoms with van der Waals surface area (Å²) in [5.74, 6) is -0.898. The molecule has 0 atom stereocenters. The standard InChI is InChI=1S/C19H21NO2.C2H6/c1-3-15(4-2)6-5-12-20-13-11-18(14-20)16-7-9-17(10-8-16)19(21)22;1-2/h3,5-11,13-14H,4,12H2,1-2H3,(H,21,22);1-2H3/b6-5-,15-3-;. The number of carboxylic acids is 1. The molecule has 0 saturated carbocycles. The zero-order chi connectivity index (χ0) is 17.9. The molecule has 0 amide bonds. The van der Waals surface area contributed by atoms with Gasteiger partial charge in [-0.1, -0.05) is 56.7 Å². The number of benzene rings is 1. The summed E-state index contributed by atoms with van der Waals surface area (Å²) in [5.41, 5.74) is 3.75. The van der Waals surface area contributed by atoms with E-state index in [0.717, 1.165) is 24.1 Å². The summed E-state index contributed by atoms with van der Waals surface area (Å²) >= 11 is 0. The molecule has 3 nitrogen and oxygen atoms in total. The van der Waals surface area contributed by atoms with E-state index >= 15 is 0 Å². The minimum atomic E-state index is -0.898. The third kappa shape index (κ3) is 5.58. The van der Waals surface area contributed by atoms with E-state index in [1.54, 1.807) is 12.1 Å². The molecule has 2 aromatic rings. The summed E-state index contributed by atoms with van der Waals surface area (Å²) < 4.78 is 2.11. The Labute approximate surface area is 145 Å². The molecular formula is C21H27NO2. The molecule has 128 valence electrons. The Morgan fingerprint density at radius 2 is 1.79 bits per heavy atom. The second-order valence-electron chi connectivity index (χ2n) is 5.10. The van der Waals surface area contributed by atoms with Gasteiger partial charge in [-0.25, -0.2) is 4.79 Å². The van der Waals surface area contributed by atoms with E-state index in [9.17, 15) is 4.79 Å². The molecule has 0 aliphatic heterocycles. The fourth-order valence-corrected chi connectivity index (χ4v) is 2.27. The summed E-state index contributed by atoms with van der Waals surface area (Å²) in [7, 11) is 0. The monoisotopic (exact) mass is 325 g/mol. The molecule has 0 aliphatic carbocycles. The summed E-state index contributed by atoms with van der Waals surface area (Å²) in [6, 6.07) is 8.99. The first-order valence-electron chi connectivity index (χ1n) is 8.45. The Morgan fingerprint density at radius 3 is 2.33 bits per heavy atom. The molecule has 1 heterocycles. The molecule has 0 spiro atoms. The first-order chi connectivity index (χ1) is 11.6. The molecule has 0 radical (unpaired) electrons. The number of hydrogen-bond donors (Lipinski definition) is 1. The quantitative estimate of drug-likeness (QED) is 0.683. The summed E-state index contributed by atoms with van der Waals surface area (Å²) in [6.07, 6.45) is 11.6. The summed E-state index contributed by atoms with van der Waals surface area (Å²) in [6.45, 7) is 9.02. The van der Waals surface area contributed by atoms with E-state index < -0.39 is 5.97 Å². The molecule has 0 aliphatic rings. The smallest absolute Gasteiger partial charge is 0.335 e. The second kappa shape index (κ2) is 10.3. The maximum atomic E-state index is 10.9. The third-order valence-corrected chi connectivity index (χ3v) is 3.64. The highest BCUT2D eigenvalue weighted by atomic mass is 16.4. The number of nitrogens with zero attached hydrogens (tertiary/aromatic N) is 1. The van der Waals surface area contributed by atoms with Crippen molar-refractivity contribution in [1.82, 2.24) is 4.57 Å². The fourth-order valence-electron chi connectivity index (χ4n) is 2.27. The van der Waals surface area contributed by atoms with Crippen molar-refractivity contribution >= 4 is 5.97 Å². The number of hydrogen-bond acceptors (Lipinski definition) is 1. The average molecular weight is 325 g/mol. The van der Waals surface area contributed by atoms with Gasteiger partial charge < -0.3 is 9.67 Å². The van der Waals surface area contributed by atoms with E-state index in [1.807, 2.05) is 38.2 Å². The van der Waals surface area contributed by atoms with Crippen molar-refractivity contribution in [2.45, 2.75) is 40.7 Å². The molecule has 0 fully saturated rings. The van der Waals surface area contributed by atoms with Crippen LogP contribution in [0.5, 0.6) is 0 Å². The lowest BCUT2D eigenvalue weighted by molar-refractivity contribution is 0.0697. The Morgan fingerprint density at radius 1 is 1.12 bits per heavy atom. The van der Waals surface area contributed by atoms with Gasteiger partial charge >= 0.3 is 5.97 Å². The molecule has 3 heteroatoms. The number of allylic oxidation sites excluding steroid dienone is 4. The van der Waals surface area contributed by atoms with Crippen LogP contribution >= 0.6 is 0 Å². The van der Waals surface area contributed by atoms with E-state index in [4.69, 9.17) is 5.11 Å². The zero-order valence-corrected chi connectivity index (χ0v) is 15.0. The van der Waals surface area contributed by atoms with Crippen LogP contribution in [-0.4, -0.2) is 15.6 Å². The van der Waals surface area contributed by atoms with Crippen LogP contribution in [0.4, 0.5) is 0 Å². The fraction of sp³-hybridized carbons (Fsp3) is 0.286. The largest absolute Gasteiger partial charge is 0.478 e. The molecule has 1 aromatic heterocycles. The highest BCUT2D eigenvalue weighted by Crippen LogP contribution is 2.20. The third-order valence-electron chi connectivity index (χ3n) is 3.64. The number of carboxylic acid groups (broad SMARTS) is 1. The van der Waals surface area contributed by atoms with Crippen molar-refractivity contribution < 1.29 is 9.90 Å². The SMILES string of the molecule is C/C=C(\C=C/Cn1ccc(-c2ccc(C(=O)O)cc2)c1)CC.CC. The lowest BCUT2D eigenvalue weighted by atomic mass is 10.1. The van der Waals surface area contributed by atoms with Gasteiger partial charge in [0.2, 0.25) is 0 Å². The molecule has 1 N–H and O–H groups in total. The van der Waals surface area contributed by atoms with Gasteiger partial charge in [-0.05, 0) is 42.7 Å². The minimum absolute atomic E-state index is 0.310. The van der Waals surface area contributed by atoms with E-state index in [-0.39, 0.29) is 0 Å². The number of aromatic carboxylic acids is 1. The predicted molar refractivity (Wildman–Crippen MR) is 101 cm³/mol. The lowest BCUT2D eigenvalue weighted by Crippen LogP contribution is -1.94. The van der Waals surface area contributed by atoms with Crippen molar-refractivity contribution in [2.24, 2.45) is 0 Å².